The second-order valence-corrected chi connectivity index (χ2v) is 5.93. The van der Waals surface area contributed by atoms with Crippen LogP contribution in [0.2, 0.25) is 0 Å². The maximum Gasteiger partial charge on any atom is 0.0945 e. The molecule has 1 N–H and O–H groups in total. The van der Waals surface area contributed by atoms with E-state index in [1.54, 1.807) is 6.20 Å². The molecule has 0 fully saturated rings. The van der Waals surface area contributed by atoms with Gasteiger partial charge in [0.05, 0.1) is 17.7 Å². The number of azo groups is 1. The number of anilines is 1. The van der Waals surface area contributed by atoms with Crippen molar-refractivity contribution < 1.29 is 0 Å². The monoisotopic (exact) mass is 350 g/mol. The van der Waals surface area contributed by atoms with Crippen molar-refractivity contribution in [2.45, 2.75) is 13.0 Å². The van der Waals surface area contributed by atoms with Gasteiger partial charge in [0.1, 0.15) is 0 Å². The first kappa shape index (κ1) is 19.2. The van der Waals surface area contributed by atoms with Gasteiger partial charge in [-0.2, -0.15) is 10.2 Å². The summed E-state index contributed by atoms with van der Waals surface area (Å²) in [5.41, 5.74) is 2.54. The molecule has 0 aliphatic carbocycles. The lowest BCUT2D eigenvalue weighted by molar-refractivity contribution is 0.623. The number of allylic oxidation sites excluding steroid dienone is 3. The zero-order chi connectivity index (χ0) is 18.6. The summed E-state index contributed by atoms with van der Waals surface area (Å²) in [5.74, 6) is 0. The first-order valence-electron chi connectivity index (χ1n) is 8.55. The van der Waals surface area contributed by atoms with Crippen molar-refractivity contribution >= 4 is 11.4 Å². The molecule has 2 rings (SSSR count). The van der Waals surface area contributed by atoms with Crippen LogP contribution in [0.5, 0.6) is 0 Å². The number of benzene rings is 1. The molecule has 0 atom stereocenters. The van der Waals surface area contributed by atoms with Gasteiger partial charge in [-0.1, -0.05) is 12.7 Å². The summed E-state index contributed by atoms with van der Waals surface area (Å²) >= 11 is 0. The third kappa shape index (κ3) is 7.17. The van der Waals surface area contributed by atoms with Gasteiger partial charge in [0, 0.05) is 45.3 Å². The molecule has 0 amide bonds. The van der Waals surface area contributed by atoms with E-state index < -0.39 is 0 Å². The van der Waals surface area contributed by atoms with E-state index in [0.29, 0.717) is 5.70 Å². The predicted molar refractivity (Wildman–Crippen MR) is 108 cm³/mol. The number of hydrogen-bond donors (Lipinski definition) is 1. The first-order chi connectivity index (χ1) is 12.6. The summed E-state index contributed by atoms with van der Waals surface area (Å²) in [6.07, 6.45) is 14.2. The Morgan fingerprint density at radius 3 is 2.77 bits per heavy atom. The summed E-state index contributed by atoms with van der Waals surface area (Å²) in [5, 5.41) is 11.5. The molecule has 26 heavy (non-hydrogen) atoms. The summed E-state index contributed by atoms with van der Waals surface area (Å²) in [6, 6.07) is 7.88. The molecule has 0 radical (unpaired) electrons. The quantitative estimate of drug-likeness (QED) is 0.395. The summed E-state index contributed by atoms with van der Waals surface area (Å²) in [4.78, 5) is 6.06. The van der Waals surface area contributed by atoms with Gasteiger partial charge in [-0.15, -0.1) is 0 Å². The average Bonchev–Trinajstić information content (AvgIpc) is 3.16. The molecule has 1 heterocycles. The fourth-order valence-corrected chi connectivity index (χ4v) is 2.13. The van der Waals surface area contributed by atoms with E-state index in [1.165, 1.54) is 0 Å². The summed E-state index contributed by atoms with van der Waals surface area (Å²) < 4.78 is 2.06. The van der Waals surface area contributed by atoms with Crippen LogP contribution in [0.25, 0.3) is 0 Å². The fourth-order valence-electron chi connectivity index (χ4n) is 2.13. The predicted octanol–water partition coefficient (Wildman–Crippen LogP) is 4.30. The second kappa shape index (κ2) is 10.7. The SMILES string of the molecule is C=C(/C=C\C=C/NCCCn1ccnc1)N=Nc1ccc(N(C)C)cc1. The molecule has 0 spiro atoms. The summed E-state index contributed by atoms with van der Waals surface area (Å²) in [7, 11) is 4.01. The van der Waals surface area contributed by atoms with Crippen molar-refractivity contribution in [3.8, 4) is 0 Å². The van der Waals surface area contributed by atoms with Gasteiger partial charge in [0.15, 0.2) is 0 Å². The normalized spacial score (nSPS) is 11.6. The maximum absolute atomic E-state index is 4.18. The lowest BCUT2D eigenvalue weighted by Crippen LogP contribution is -2.09. The summed E-state index contributed by atoms with van der Waals surface area (Å²) in [6.45, 7) is 5.74. The Kier molecular flexibility index (Phi) is 7.86. The average molecular weight is 350 g/mol. The molecular formula is C20H26N6. The van der Waals surface area contributed by atoms with Crippen molar-refractivity contribution in [3.63, 3.8) is 0 Å². The van der Waals surface area contributed by atoms with Gasteiger partial charge < -0.3 is 14.8 Å². The topological polar surface area (TPSA) is 57.8 Å². The molecule has 1 aromatic carbocycles. The zero-order valence-electron chi connectivity index (χ0n) is 15.4. The van der Waals surface area contributed by atoms with E-state index in [-0.39, 0.29) is 0 Å². The van der Waals surface area contributed by atoms with Crippen LogP contribution in [0.1, 0.15) is 6.42 Å². The molecule has 6 nitrogen and oxygen atoms in total. The van der Waals surface area contributed by atoms with Crippen molar-refractivity contribution in [2.24, 2.45) is 10.2 Å². The minimum absolute atomic E-state index is 0.603. The van der Waals surface area contributed by atoms with Gasteiger partial charge in [-0.3, -0.25) is 0 Å². The van der Waals surface area contributed by atoms with Crippen LogP contribution in [0.4, 0.5) is 11.4 Å². The van der Waals surface area contributed by atoms with E-state index in [1.807, 2.05) is 80.2 Å². The number of aryl methyl sites for hydroxylation is 1. The molecule has 136 valence electrons. The van der Waals surface area contributed by atoms with Crippen LogP contribution in [0.15, 0.2) is 89.9 Å². The van der Waals surface area contributed by atoms with E-state index in [2.05, 4.69) is 31.7 Å². The Morgan fingerprint density at radius 2 is 2.08 bits per heavy atom. The number of rotatable bonds is 10. The molecular weight excluding hydrogens is 324 g/mol. The van der Waals surface area contributed by atoms with Crippen LogP contribution in [0, 0.1) is 0 Å². The third-order valence-corrected chi connectivity index (χ3v) is 3.57. The van der Waals surface area contributed by atoms with Gasteiger partial charge in [0.25, 0.3) is 0 Å². The first-order valence-corrected chi connectivity index (χ1v) is 8.55. The maximum atomic E-state index is 4.18. The van der Waals surface area contributed by atoms with E-state index in [0.717, 1.165) is 30.9 Å². The Morgan fingerprint density at radius 1 is 1.27 bits per heavy atom. The minimum Gasteiger partial charge on any atom is -0.391 e. The molecule has 0 unspecified atom stereocenters. The largest absolute Gasteiger partial charge is 0.391 e. The lowest BCUT2D eigenvalue weighted by Gasteiger charge is -2.11. The highest BCUT2D eigenvalue weighted by Crippen LogP contribution is 2.19. The van der Waals surface area contributed by atoms with Crippen LogP contribution in [-0.4, -0.2) is 30.2 Å². The fraction of sp³-hybridized carbons (Fsp3) is 0.250. The standard InChI is InChI=1S/C20H26N6/c1-18(23-24-19-8-10-20(11-9-19)25(2)3)7-4-5-12-21-13-6-15-26-16-14-22-17-26/h4-5,7-12,14,16-17,21H,1,6,13,15H2,2-3H3/b7-4-,12-5-,24-23?. The van der Waals surface area contributed by atoms with Crippen molar-refractivity contribution in [2.75, 3.05) is 25.5 Å². The van der Waals surface area contributed by atoms with Crippen LogP contribution in [0.3, 0.4) is 0 Å². The molecule has 0 saturated carbocycles. The molecule has 1 aromatic heterocycles. The van der Waals surface area contributed by atoms with Crippen molar-refractivity contribution in [1.29, 1.82) is 0 Å². The Hall–Kier alpha value is -3.15. The molecule has 0 saturated heterocycles. The van der Waals surface area contributed by atoms with Crippen LogP contribution >= 0.6 is 0 Å². The van der Waals surface area contributed by atoms with Crippen molar-refractivity contribution in [3.05, 3.63) is 79.7 Å². The van der Waals surface area contributed by atoms with Crippen molar-refractivity contribution in [1.82, 2.24) is 14.9 Å². The number of imidazole rings is 1. The molecule has 0 aliphatic rings. The minimum atomic E-state index is 0.603. The zero-order valence-corrected chi connectivity index (χ0v) is 15.4. The van der Waals surface area contributed by atoms with Gasteiger partial charge in [-0.25, -0.2) is 4.98 Å². The van der Waals surface area contributed by atoms with Crippen LogP contribution in [-0.2, 0) is 6.54 Å². The number of aromatic nitrogens is 2. The van der Waals surface area contributed by atoms with E-state index in [9.17, 15) is 0 Å². The molecule has 0 aliphatic heterocycles. The third-order valence-electron chi connectivity index (χ3n) is 3.57. The smallest absolute Gasteiger partial charge is 0.0945 e. The highest BCUT2D eigenvalue weighted by molar-refractivity contribution is 5.51. The van der Waals surface area contributed by atoms with Crippen LogP contribution < -0.4 is 10.2 Å². The highest BCUT2D eigenvalue weighted by Gasteiger charge is 1.94. The van der Waals surface area contributed by atoms with Gasteiger partial charge >= 0.3 is 0 Å². The number of nitrogens with one attached hydrogen (secondary N) is 1. The molecule has 2 aromatic rings. The Labute approximate surface area is 155 Å². The van der Waals surface area contributed by atoms with E-state index in [4.69, 9.17) is 0 Å². The van der Waals surface area contributed by atoms with E-state index >= 15 is 0 Å². The highest BCUT2D eigenvalue weighted by atomic mass is 15.1. The molecule has 6 heteroatoms. The Bertz CT molecular complexity index is 739. The second-order valence-electron chi connectivity index (χ2n) is 5.93. The molecule has 0 bridgehead atoms. The Balaban J connectivity index is 1.64. The van der Waals surface area contributed by atoms with Gasteiger partial charge in [0.2, 0.25) is 0 Å². The lowest BCUT2D eigenvalue weighted by atomic mass is 10.3. The van der Waals surface area contributed by atoms with Gasteiger partial charge in [-0.05, 0) is 49.0 Å². The number of nitrogens with zero attached hydrogens (tertiary/aromatic N) is 5. The number of hydrogen-bond acceptors (Lipinski definition) is 5.